The van der Waals surface area contributed by atoms with Crippen molar-refractivity contribution in [2.75, 3.05) is 0 Å². The molecule has 0 saturated carbocycles. The van der Waals surface area contributed by atoms with Gasteiger partial charge in [-0.2, -0.15) is 0 Å². The normalized spacial score (nSPS) is 11.4. The Bertz CT molecular complexity index is 624. The first-order chi connectivity index (χ1) is 9.11. The summed E-state index contributed by atoms with van der Waals surface area (Å²) >= 11 is 0. The van der Waals surface area contributed by atoms with Gasteiger partial charge in [-0.1, -0.05) is 17.3 Å². The monoisotopic (exact) mass is 257 g/mol. The second kappa shape index (κ2) is 5.39. The minimum absolute atomic E-state index is 0.0114. The molecule has 3 N–H and O–H groups in total. The highest BCUT2D eigenvalue weighted by atomic mass is 16.5. The van der Waals surface area contributed by atoms with E-state index in [1.54, 1.807) is 12.3 Å². The summed E-state index contributed by atoms with van der Waals surface area (Å²) < 4.78 is 5.81. The zero-order chi connectivity index (χ0) is 13.8. The molecule has 0 spiro atoms. The number of aryl methyl sites for hydroxylation is 2. The number of pyridine rings is 1. The molecule has 0 amide bonds. The largest absolute Gasteiger partial charge is 0.455 e. The van der Waals surface area contributed by atoms with Crippen molar-refractivity contribution in [2.45, 2.75) is 13.8 Å². The van der Waals surface area contributed by atoms with Crippen LogP contribution >= 0.6 is 0 Å². The Morgan fingerprint density at radius 3 is 2.79 bits per heavy atom. The fourth-order valence-corrected chi connectivity index (χ4v) is 1.66. The standard InChI is InChI=1S/C14H15N3O2/c1-9-3-4-10(2)12(7-9)19-13-8-16-6-5-11(13)14(15)17-18/h3-8,18H,1-2H3,(H2,15,17). The van der Waals surface area contributed by atoms with E-state index in [0.29, 0.717) is 11.3 Å². The second-order valence-electron chi connectivity index (χ2n) is 4.23. The van der Waals surface area contributed by atoms with Crippen LogP contribution in [0.25, 0.3) is 0 Å². The van der Waals surface area contributed by atoms with Gasteiger partial charge in [0.05, 0.1) is 11.8 Å². The molecule has 0 unspecified atom stereocenters. The van der Waals surface area contributed by atoms with Gasteiger partial charge < -0.3 is 15.7 Å². The van der Waals surface area contributed by atoms with E-state index in [-0.39, 0.29) is 5.84 Å². The lowest BCUT2D eigenvalue weighted by Gasteiger charge is -2.12. The highest BCUT2D eigenvalue weighted by Gasteiger charge is 2.10. The first-order valence-electron chi connectivity index (χ1n) is 5.79. The molecule has 0 atom stereocenters. The molecule has 1 heterocycles. The molecule has 2 rings (SSSR count). The molecular weight excluding hydrogens is 242 g/mol. The Balaban J connectivity index is 2.41. The van der Waals surface area contributed by atoms with Crippen LogP contribution in [0.1, 0.15) is 16.7 Å². The van der Waals surface area contributed by atoms with Gasteiger partial charge in [0.25, 0.3) is 0 Å². The smallest absolute Gasteiger partial charge is 0.173 e. The Morgan fingerprint density at radius 2 is 2.05 bits per heavy atom. The summed E-state index contributed by atoms with van der Waals surface area (Å²) in [6.45, 7) is 3.94. The van der Waals surface area contributed by atoms with Crippen LogP contribution < -0.4 is 10.5 Å². The summed E-state index contributed by atoms with van der Waals surface area (Å²) in [5.41, 5.74) is 8.20. The summed E-state index contributed by atoms with van der Waals surface area (Å²) in [5, 5.41) is 11.8. The molecule has 0 aliphatic carbocycles. The molecule has 19 heavy (non-hydrogen) atoms. The quantitative estimate of drug-likeness (QED) is 0.383. The highest BCUT2D eigenvalue weighted by Crippen LogP contribution is 2.27. The van der Waals surface area contributed by atoms with Crippen molar-refractivity contribution in [3.8, 4) is 11.5 Å². The van der Waals surface area contributed by atoms with Crippen molar-refractivity contribution >= 4 is 5.84 Å². The minimum Gasteiger partial charge on any atom is -0.455 e. The molecule has 5 heteroatoms. The van der Waals surface area contributed by atoms with Crippen LogP contribution in [0.3, 0.4) is 0 Å². The Labute approximate surface area is 111 Å². The fraction of sp³-hybridized carbons (Fsp3) is 0.143. The van der Waals surface area contributed by atoms with E-state index in [1.807, 2.05) is 32.0 Å². The van der Waals surface area contributed by atoms with E-state index < -0.39 is 0 Å². The molecule has 1 aromatic carbocycles. The van der Waals surface area contributed by atoms with Crippen molar-refractivity contribution in [3.63, 3.8) is 0 Å². The zero-order valence-electron chi connectivity index (χ0n) is 10.8. The van der Waals surface area contributed by atoms with Gasteiger partial charge >= 0.3 is 0 Å². The van der Waals surface area contributed by atoms with Crippen LogP contribution in [-0.4, -0.2) is 16.0 Å². The van der Waals surface area contributed by atoms with Crippen molar-refractivity contribution in [1.29, 1.82) is 0 Å². The summed E-state index contributed by atoms with van der Waals surface area (Å²) in [5.74, 6) is 1.16. The van der Waals surface area contributed by atoms with Crippen LogP contribution in [0.5, 0.6) is 11.5 Å². The number of amidine groups is 1. The summed E-state index contributed by atoms with van der Waals surface area (Å²) in [6.07, 6.45) is 3.10. The van der Waals surface area contributed by atoms with E-state index in [9.17, 15) is 0 Å². The average molecular weight is 257 g/mol. The lowest BCUT2D eigenvalue weighted by atomic mass is 10.1. The van der Waals surface area contributed by atoms with Crippen molar-refractivity contribution in [1.82, 2.24) is 4.98 Å². The number of nitrogens with two attached hydrogens (primary N) is 1. The molecule has 2 aromatic rings. The lowest BCUT2D eigenvalue weighted by Crippen LogP contribution is -2.14. The highest BCUT2D eigenvalue weighted by molar-refractivity contribution is 5.99. The SMILES string of the molecule is Cc1ccc(C)c(Oc2cnccc2/C(N)=N/O)c1. The topological polar surface area (TPSA) is 80.7 Å². The van der Waals surface area contributed by atoms with Gasteiger partial charge in [0.1, 0.15) is 5.75 Å². The van der Waals surface area contributed by atoms with Gasteiger partial charge in [-0.25, -0.2) is 0 Å². The van der Waals surface area contributed by atoms with Crippen LogP contribution in [0.2, 0.25) is 0 Å². The van der Waals surface area contributed by atoms with Gasteiger partial charge in [-0.05, 0) is 37.1 Å². The van der Waals surface area contributed by atoms with E-state index in [2.05, 4.69) is 10.1 Å². The summed E-state index contributed by atoms with van der Waals surface area (Å²) in [7, 11) is 0. The summed E-state index contributed by atoms with van der Waals surface area (Å²) in [6, 6.07) is 7.55. The second-order valence-corrected chi connectivity index (χ2v) is 4.23. The van der Waals surface area contributed by atoms with E-state index in [4.69, 9.17) is 15.7 Å². The van der Waals surface area contributed by atoms with Crippen molar-refractivity contribution < 1.29 is 9.94 Å². The number of aromatic nitrogens is 1. The van der Waals surface area contributed by atoms with Gasteiger partial charge in [-0.3, -0.25) is 4.98 Å². The molecule has 0 bridgehead atoms. The molecule has 98 valence electrons. The number of nitrogens with zero attached hydrogens (tertiary/aromatic N) is 2. The maximum absolute atomic E-state index is 8.76. The van der Waals surface area contributed by atoms with Crippen molar-refractivity contribution in [2.24, 2.45) is 10.9 Å². The molecule has 0 aliphatic rings. The third-order valence-electron chi connectivity index (χ3n) is 2.73. The van der Waals surface area contributed by atoms with Crippen LogP contribution in [0.4, 0.5) is 0 Å². The molecule has 5 nitrogen and oxygen atoms in total. The summed E-state index contributed by atoms with van der Waals surface area (Å²) in [4.78, 5) is 3.99. The minimum atomic E-state index is -0.0114. The van der Waals surface area contributed by atoms with Gasteiger partial charge in [-0.15, -0.1) is 0 Å². The van der Waals surface area contributed by atoms with Crippen LogP contribution in [0.15, 0.2) is 41.8 Å². The van der Waals surface area contributed by atoms with Crippen molar-refractivity contribution in [3.05, 3.63) is 53.3 Å². The van der Waals surface area contributed by atoms with Gasteiger partial charge in [0, 0.05) is 6.20 Å². The van der Waals surface area contributed by atoms with E-state index >= 15 is 0 Å². The number of ether oxygens (including phenoxy) is 1. The van der Waals surface area contributed by atoms with Crippen LogP contribution in [0, 0.1) is 13.8 Å². The molecule has 0 saturated heterocycles. The molecule has 1 aromatic heterocycles. The number of rotatable bonds is 3. The van der Waals surface area contributed by atoms with Gasteiger partial charge in [0.15, 0.2) is 11.6 Å². The van der Waals surface area contributed by atoms with E-state index in [0.717, 1.165) is 16.9 Å². The number of hydrogen-bond donors (Lipinski definition) is 2. The third-order valence-corrected chi connectivity index (χ3v) is 2.73. The third kappa shape index (κ3) is 2.82. The maximum atomic E-state index is 8.76. The molecular formula is C14H15N3O2. The first kappa shape index (κ1) is 12.9. The average Bonchev–Trinajstić information content (AvgIpc) is 2.42. The lowest BCUT2D eigenvalue weighted by molar-refractivity contribution is 0.318. The number of hydrogen-bond acceptors (Lipinski definition) is 4. The molecule has 0 fully saturated rings. The Morgan fingerprint density at radius 1 is 1.26 bits per heavy atom. The van der Waals surface area contributed by atoms with Crippen LogP contribution in [-0.2, 0) is 0 Å². The fourth-order valence-electron chi connectivity index (χ4n) is 1.66. The van der Waals surface area contributed by atoms with E-state index in [1.165, 1.54) is 6.20 Å². The molecule has 0 aliphatic heterocycles. The predicted octanol–water partition coefficient (Wildman–Crippen LogP) is 2.59. The predicted molar refractivity (Wildman–Crippen MR) is 72.7 cm³/mol. The first-order valence-corrected chi connectivity index (χ1v) is 5.79. The maximum Gasteiger partial charge on any atom is 0.173 e. The Hall–Kier alpha value is -2.56. The zero-order valence-corrected chi connectivity index (χ0v) is 10.8. The number of oxime groups is 1. The molecule has 0 radical (unpaired) electrons. The number of benzene rings is 1. The van der Waals surface area contributed by atoms with Gasteiger partial charge in [0.2, 0.25) is 0 Å². The Kier molecular flexibility index (Phi) is 3.66.